The van der Waals surface area contributed by atoms with E-state index in [0.29, 0.717) is 18.7 Å². The van der Waals surface area contributed by atoms with E-state index in [1.807, 2.05) is 25.1 Å². The summed E-state index contributed by atoms with van der Waals surface area (Å²) in [4.78, 5) is 27.9. The molecule has 1 saturated heterocycles. The number of carbonyl (C=O) groups is 2. The maximum atomic E-state index is 13.3. The molecule has 6 nitrogen and oxygen atoms in total. The third kappa shape index (κ3) is 5.89. The Morgan fingerprint density at radius 1 is 1.12 bits per heavy atom. The Labute approximate surface area is 195 Å². The van der Waals surface area contributed by atoms with E-state index in [1.165, 1.54) is 11.1 Å². The van der Waals surface area contributed by atoms with Crippen molar-refractivity contribution < 1.29 is 14.1 Å². The van der Waals surface area contributed by atoms with Crippen LogP contribution in [0.1, 0.15) is 53.4 Å². The lowest BCUT2D eigenvalue weighted by Crippen LogP contribution is -2.47. The van der Waals surface area contributed by atoms with Crippen LogP contribution in [0.2, 0.25) is 0 Å². The van der Waals surface area contributed by atoms with E-state index in [4.69, 9.17) is 4.52 Å². The lowest BCUT2D eigenvalue weighted by Gasteiger charge is -2.27. The summed E-state index contributed by atoms with van der Waals surface area (Å²) in [6.07, 6.45) is 3.26. The van der Waals surface area contributed by atoms with Gasteiger partial charge in [0.15, 0.2) is 0 Å². The molecule has 2 amide bonds. The van der Waals surface area contributed by atoms with Crippen molar-refractivity contribution in [3.05, 3.63) is 88.8 Å². The second-order valence-corrected chi connectivity index (χ2v) is 8.85. The van der Waals surface area contributed by atoms with Gasteiger partial charge in [-0.1, -0.05) is 65.3 Å². The Kier molecular flexibility index (Phi) is 7.23. The molecule has 1 aliphatic rings. The van der Waals surface area contributed by atoms with Crippen LogP contribution in [0.15, 0.2) is 65.2 Å². The molecule has 3 aromatic rings. The molecule has 0 aliphatic carbocycles. The first kappa shape index (κ1) is 22.8. The van der Waals surface area contributed by atoms with Crippen LogP contribution >= 0.6 is 0 Å². The van der Waals surface area contributed by atoms with E-state index in [0.717, 1.165) is 30.5 Å². The average molecular weight is 446 g/mol. The predicted octanol–water partition coefficient (Wildman–Crippen LogP) is 4.32. The summed E-state index contributed by atoms with van der Waals surface area (Å²) >= 11 is 0. The molecular weight excluding hydrogens is 414 g/mol. The third-order valence-corrected chi connectivity index (χ3v) is 6.24. The Balaban J connectivity index is 1.45. The second-order valence-electron chi connectivity index (χ2n) is 8.85. The van der Waals surface area contributed by atoms with Gasteiger partial charge < -0.3 is 14.7 Å². The number of carbonyl (C=O) groups excluding carboxylic acids is 2. The first-order chi connectivity index (χ1) is 16.0. The highest BCUT2D eigenvalue weighted by atomic mass is 16.5. The third-order valence-electron chi connectivity index (χ3n) is 6.24. The lowest BCUT2D eigenvalue weighted by atomic mass is 9.97. The minimum Gasteiger partial charge on any atom is -0.361 e. The van der Waals surface area contributed by atoms with Crippen LogP contribution in [0, 0.1) is 13.8 Å². The van der Waals surface area contributed by atoms with E-state index < -0.39 is 6.04 Å². The summed E-state index contributed by atoms with van der Waals surface area (Å²) in [7, 11) is 0. The topological polar surface area (TPSA) is 75.4 Å². The molecule has 4 rings (SSSR count). The van der Waals surface area contributed by atoms with E-state index in [2.05, 4.69) is 53.8 Å². The molecule has 1 fully saturated rings. The molecular formula is C27H31N3O3. The van der Waals surface area contributed by atoms with Gasteiger partial charge in [-0.05, 0) is 50.7 Å². The highest BCUT2D eigenvalue weighted by Crippen LogP contribution is 2.24. The molecule has 1 N–H and O–H groups in total. The first-order valence-corrected chi connectivity index (χ1v) is 11.6. The van der Waals surface area contributed by atoms with Crippen molar-refractivity contribution in [3.63, 3.8) is 0 Å². The second kappa shape index (κ2) is 10.5. The molecule has 33 heavy (non-hydrogen) atoms. The summed E-state index contributed by atoms with van der Waals surface area (Å²) in [6, 6.07) is 19.8. The largest absolute Gasteiger partial charge is 0.361 e. The summed E-state index contributed by atoms with van der Waals surface area (Å²) in [5.41, 5.74) is 4.25. The monoisotopic (exact) mass is 445 g/mol. The minimum atomic E-state index is -0.453. The molecule has 0 saturated carbocycles. The zero-order valence-corrected chi connectivity index (χ0v) is 19.3. The van der Waals surface area contributed by atoms with Crippen LogP contribution < -0.4 is 5.32 Å². The molecule has 2 heterocycles. The number of hydrogen-bond donors (Lipinski definition) is 1. The molecule has 6 heteroatoms. The summed E-state index contributed by atoms with van der Waals surface area (Å²) < 4.78 is 5.20. The SMILES string of the molecule is Cc1ccc([C@H](CCc2ccccc2)NC(=O)[C@@H]2CCCN2C(=O)Cc2cc(C)no2)cc1. The van der Waals surface area contributed by atoms with Crippen molar-refractivity contribution in [1.29, 1.82) is 0 Å². The van der Waals surface area contributed by atoms with E-state index >= 15 is 0 Å². The zero-order chi connectivity index (χ0) is 23.2. The van der Waals surface area contributed by atoms with Crippen LogP contribution in [-0.2, 0) is 22.4 Å². The Morgan fingerprint density at radius 2 is 1.88 bits per heavy atom. The summed E-state index contributed by atoms with van der Waals surface area (Å²) in [5.74, 6) is 0.345. The Hall–Kier alpha value is -3.41. The van der Waals surface area contributed by atoms with Gasteiger partial charge in [-0.15, -0.1) is 0 Å². The van der Waals surface area contributed by atoms with Gasteiger partial charge in [-0.3, -0.25) is 9.59 Å². The van der Waals surface area contributed by atoms with Crippen LogP contribution in [0.5, 0.6) is 0 Å². The van der Waals surface area contributed by atoms with Crippen LogP contribution in [0.3, 0.4) is 0 Å². The fourth-order valence-corrected chi connectivity index (χ4v) is 4.43. The van der Waals surface area contributed by atoms with Gasteiger partial charge in [0.2, 0.25) is 11.8 Å². The average Bonchev–Trinajstić information content (AvgIpc) is 3.47. The van der Waals surface area contributed by atoms with Crippen molar-refractivity contribution in [2.75, 3.05) is 6.54 Å². The molecule has 1 aliphatic heterocycles. The molecule has 0 unspecified atom stereocenters. The van der Waals surface area contributed by atoms with Gasteiger partial charge in [0, 0.05) is 12.6 Å². The number of aryl methyl sites for hydroxylation is 3. The highest BCUT2D eigenvalue weighted by Gasteiger charge is 2.35. The summed E-state index contributed by atoms with van der Waals surface area (Å²) in [5, 5.41) is 7.10. The fourth-order valence-electron chi connectivity index (χ4n) is 4.43. The van der Waals surface area contributed by atoms with Gasteiger partial charge in [-0.25, -0.2) is 0 Å². The predicted molar refractivity (Wildman–Crippen MR) is 127 cm³/mol. The van der Waals surface area contributed by atoms with Crippen LogP contribution in [-0.4, -0.2) is 34.5 Å². The van der Waals surface area contributed by atoms with E-state index in [9.17, 15) is 9.59 Å². The van der Waals surface area contributed by atoms with Gasteiger partial charge >= 0.3 is 0 Å². The van der Waals surface area contributed by atoms with Crippen molar-refractivity contribution in [1.82, 2.24) is 15.4 Å². The smallest absolute Gasteiger partial charge is 0.243 e. The van der Waals surface area contributed by atoms with Crippen molar-refractivity contribution >= 4 is 11.8 Å². The van der Waals surface area contributed by atoms with E-state index in [1.54, 1.807) is 11.0 Å². The van der Waals surface area contributed by atoms with Gasteiger partial charge in [-0.2, -0.15) is 0 Å². The molecule has 0 bridgehead atoms. The number of rotatable bonds is 8. The molecule has 2 atom stereocenters. The summed E-state index contributed by atoms with van der Waals surface area (Å²) in [6.45, 7) is 4.47. The number of hydrogen-bond acceptors (Lipinski definition) is 4. The number of benzene rings is 2. The fraction of sp³-hybridized carbons (Fsp3) is 0.370. The number of amides is 2. The van der Waals surface area contributed by atoms with Crippen LogP contribution in [0.25, 0.3) is 0 Å². The molecule has 0 radical (unpaired) electrons. The van der Waals surface area contributed by atoms with Crippen molar-refractivity contribution in [2.24, 2.45) is 0 Å². The maximum absolute atomic E-state index is 13.3. The molecule has 172 valence electrons. The van der Waals surface area contributed by atoms with Gasteiger partial charge in [0.25, 0.3) is 0 Å². The van der Waals surface area contributed by atoms with E-state index in [-0.39, 0.29) is 24.3 Å². The maximum Gasteiger partial charge on any atom is 0.243 e. The molecule has 0 spiro atoms. The van der Waals surface area contributed by atoms with Gasteiger partial charge in [0.05, 0.1) is 18.2 Å². The quantitative estimate of drug-likeness (QED) is 0.560. The minimum absolute atomic E-state index is 0.0896. The highest BCUT2D eigenvalue weighted by molar-refractivity contribution is 5.89. The van der Waals surface area contributed by atoms with Crippen molar-refractivity contribution in [3.8, 4) is 0 Å². The Bertz CT molecular complexity index is 1080. The Morgan fingerprint density at radius 3 is 2.58 bits per heavy atom. The van der Waals surface area contributed by atoms with Gasteiger partial charge in [0.1, 0.15) is 11.8 Å². The number of likely N-dealkylation sites (tertiary alicyclic amines) is 1. The van der Waals surface area contributed by atoms with Crippen LogP contribution in [0.4, 0.5) is 0 Å². The first-order valence-electron chi connectivity index (χ1n) is 11.6. The number of nitrogens with one attached hydrogen (secondary N) is 1. The van der Waals surface area contributed by atoms with Crippen molar-refractivity contribution in [2.45, 2.75) is 58.0 Å². The molecule has 1 aromatic heterocycles. The number of aromatic nitrogens is 1. The zero-order valence-electron chi connectivity index (χ0n) is 19.3. The standard InChI is InChI=1S/C27H31N3O3/c1-19-10-13-22(14-11-19)24(15-12-21-7-4-3-5-8-21)28-27(32)25-9-6-16-30(25)26(31)18-23-17-20(2)29-33-23/h3-5,7-8,10-11,13-14,17,24-25H,6,9,12,15-16,18H2,1-2H3,(H,28,32)/t24-,25-/m0/s1. The lowest BCUT2D eigenvalue weighted by molar-refractivity contribution is -0.138. The molecule has 2 aromatic carbocycles. The number of nitrogens with zero attached hydrogens (tertiary/aromatic N) is 2. The normalized spacial score (nSPS) is 16.5.